The van der Waals surface area contributed by atoms with Gasteiger partial charge >= 0.3 is 6.09 Å². The normalized spacial score (nSPS) is 14.4. The summed E-state index contributed by atoms with van der Waals surface area (Å²) in [5, 5.41) is 1.02. The number of carbonyl (C=O) groups is 2. The Labute approximate surface area is 144 Å². The molecule has 0 radical (unpaired) electrons. The predicted molar refractivity (Wildman–Crippen MR) is 93.2 cm³/mol. The van der Waals surface area contributed by atoms with Gasteiger partial charge in [0.2, 0.25) is 0 Å². The van der Waals surface area contributed by atoms with Gasteiger partial charge in [0.05, 0.1) is 16.3 Å². The van der Waals surface area contributed by atoms with E-state index in [9.17, 15) is 9.59 Å². The lowest BCUT2D eigenvalue weighted by Gasteiger charge is -2.22. The summed E-state index contributed by atoms with van der Waals surface area (Å²) in [4.78, 5) is 29.3. The van der Waals surface area contributed by atoms with Crippen molar-refractivity contribution in [1.82, 2.24) is 4.98 Å². The molecule has 2 N–H and O–H groups in total. The van der Waals surface area contributed by atoms with Gasteiger partial charge in [-0.1, -0.05) is 30.3 Å². The number of rotatable bonds is 6. The number of thiazole rings is 1. The van der Waals surface area contributed by atoms with Crippen LogP contribution >= 0.6 is 11.3 Å². The van der Waals surface area contributed by atoms with Crippen LogP contribution in [0, 0.1) is 0 Å². The number of carbonyl (C=O) groups excluding carboxylic acids is 2. The molecule has 3 rings (SSSR count). The first kappa shape index (κ1) is 16.6. The Morgan fingerprint density at radius 2 is 1.96 bits per heavy atom. The Kier molecular flexibility index (Phi) is 4.41. The number of ketones is 1. The quantitative estimate of drug-likeness (QED) is 0.799. The summed E-state index contributed by atoms with van der Waals surface area (Å²) in [5.41, 5.74) is 5.57. The van der Waals surface area contributed by atoms with E-state index in [1.54, 1.807) is 25.2 Å². The molecule has 0 aliphatic heterocycles. The zero-order chi connectivity index (χ0) is 17.3. The van der Waals surface area contributed by atoms with Crippen LogP contribution in [0.15, 0.2) is 30.3 Å². The average molecular weight is 344 g/mol. The Morgan fingerprint density at radius 3 is 2.54 bits per heavy atom. The molecule has 2 aromatic rings. The van der Waals surface area contributed by atoms with Gasteiger partial charge < -0.3 is 10.5 Å². The van der Waals surface area contributed by atoms with E-state index < -0.39 is 11.7 Å². The lowest BCUT2D eigenvalue weighted by molar-refractivity contribution is 0.0375. The van der Waals surface area contributed by atoms with E-state index in [0.29, 0.717) is 11.6 Å². The number of hydrogen-bond acceptors (Lipinski definition) is 5. The van der Waals surface area contributed by atoms with Crippen molar-refractivity contribution < 1.29 is 14.3 Å². The van der Waals surface area contributed by atoms with Crippen molar-refractivity contribution >= 4 is 23.2 Å². The number of hydrogen-bond donors (Lipinski definition) is 1. The minimum absolute atomic E-state index is 0.0453. The third-order valence-corrected chi connectivity index (χ3v) is 5.10. The lowest BCUT2D eigenvalue weighted by Crippen LogP contribution is -2.33. The van der Waals surface area contributed by atoms with Gasteiger partial charge in [-0.25, -0.2) is 9.78 Å². The molecule has 24 heavy (non-hydrogen) atoms. The first-order valence-corrected chi connectivity index (χ1v) is 8.75. The highest BCUT2D eigenvalue weighted by atomic mass is 32.1. The Balaban J connectivity index is 1.91. The fourth-order valence-electron chi connectivity index (χ4n) is 2.59. The first-order chi connectivity index (χ1) is 11.4. The van der Waals surface area contributed by atoms with Gasteiger partial charge in [-0.05, 0) is 32.3 Å². The Hall–Kier alpha value is -2.21. The van der Waals surface area contributed by atoms with Crippen LogP contribution in [0.1, 0.15) is 54.5 Å². The van der Waals surface area contributed by atoms with Crippen molar-refractivity contribution in [3.63, 3.8) is 0 Å². The molecule has 1 saturated carbocycles. The Morgan fingerprint density at radius 1 is 1.29 bits per heavy atom. The molecule has 0 unspecified atom stereocenters. The summed E-state index contributed by atoms with van der Waals surface area (Å²) in [6.45, 7) is 3.35. The molecule has 0 saturated heterocycles. The second-order valence-corrected chi connectivity index (χ2v) is 7.68. The molecule has 5 nitrogen and oxygen atoms in total. The number of primary amides is 1. The molecule has 6 heteroatoms. The fraction of sp³-hybridized carbons (Fsp3) is 0.389. The third-order valence-electron chi connectivity index (χ3n) is 3.83. The molecule has 1 amide bonds. The zero-order valence-corrected chi connectivity index (χ0v) is 14.6. The highest BCUT2D eigenvalue weighted by molar-refractivity contribution is 7.15. The molecule has 0 bridgehead atoms. The van der Waals surface area contributed by atoms with Gasteiger partial charge in [0, 0.05) is 5.92 Å². The van der Waals surface area contributed by atoms with Crippen molar-refractivity contribution in [2.45, 2.75) is 44.6 Å². The van der Waals surface area contributed by atoms with Gasteiger partial charge in [0.15, 0.2) is 5.78 Å². The fourth-order valence-corrected chi connectivity index (χ4v) is 3.85. The van der Waals surface area contributed by atoms with Crippen LogP contribution in [0.3, 0.4) is 0 Å². The molecule has 1 aliphatic rings. The van der Waals surface area contributed by atoms with Crippen LogP contribution in [0.25, 0.3) is 10.4 Å². The van der Waals surface area contributed by atoms with Gasteiger partial charge in [-0.15, -0.1) is 11.3 Å². The number of nitrogens with zero attached hydrogens (tertiary/aromatic N) is 1. The van der Waals surface area contributed by atoms with Crippen molar-refractivity contribution in [1.29, 1.82) is 0 Å². The number of Topliss-reactive ketones (excluding diaryl/α,β-unsaturated/α-hetero) is 1. The van der Waals surface area contributed by atoms with E-state index in [-0.39, 0.29) is 12.2 Å². The summed E-state index contributed by atoms with van der Waals surface area (Å²) in [6.07, 6.45) is 1.43. The second-order valence-electron chi connectivity index (χ2n) is 6.65. The maximum absolute atomic E-state index is 12.8. The molecular weight excluding hydrogens is 324 g/mol. The lowest BCUT2D eigenvalue weighted by atomic mass is 9.98. The molecule has 0 spiro atoms. The molecule has 126 valence electrons. The summed E-state index contributed by atoms with van der Waals surface area (Å²) in [6, 6.07) is 9.79. The van der Waals surface area contributed by atoms with Crippen LogP contribution in [0.4, 0.5) is 4.79 Å². The maximum Gasteiger partial charge on any atom is 0.405 e. The molecule has 1 fully saturated rings. The molecule has 1 aromatic carbocycles. The van der Waals surface area contributed by atoms with Crippen molar-refractivity contribution in [2.75, 3.05) is 0 Å². The average Bonchev–Trinajstić information content (AvgIpc) is 3.25. The summed E-state index contributed by atoms with van der Waals surface area (Å²) >= 11 is 1.59. The molecule has 0 atom stereocenters. The van der Waals surface area contributed by atoms with Crippen molar-refractivity contribution in [3.8, 4) is 10.4 Å². The first-order valence-electron chi connectivity index (χ1n) is 7.93. The number of amides is 1. The minimum Gasteiger partial charge on any atom is -0.443 e. The number of ether oxygens (including phenoxy) is 1. The Bertz CT molecular complexity index is 764. The van der Waals surface area contributed by atoms with E-state index in [1.807, 2.05) is 30.3 Å². The molecule has 1 heterocycles. The van der Waals surface area contributed by atoms with E-state index in [4.69, 9.17) is 10.5 Å². The van der Waals surface area contributed by atoms with E-state index in [2.05, 4.69) is 4.98 Å². The van der Waals surface area contributed by atoms with Gasteiger partial charge in [0.25, 0.3) is 0 Å². The standard InChI is InChI=1S/C18H20N2O3S/c1-18(2,23-17(19)22)10-13(21)14-15(11-6-4-3-5-7-11)24-16(20-14)12-8-9-12/h3-7,12H,8-10H2,1-2H3,(H2,19,22). The number of nitrogens with two attached hydrogens (primary N) is 1. The molecule has 1 aliphatic carbocycles. The highest BCUT2D eigenvalue weighted by Crippen LogP contribution is 2.45. The van der Waals surface area contributed by atoms with Crippen LogP contribution in [0.5, 0.6) is 0 Å². The highest BCUT2D eigenvalue weighted by Gasteiger charge is 2.33. The SMILES string of the molecule is CC(C)(CC(=O)c1nc(C2CC2)sc1-c1ccccc1)OC(N)=O. The van der Waals surface area contributed by atoms with Gasteiger partial charge in [0.1, 0.15) is 11.3 Å². The van der Waals surface area contributed by atoms with Gasteiger partial charge in [-0.3, -0.25) is 4.79 Å². The number of aromatic nitrogens is 1. The summed E-state index contributed by atoms with van der Waals surface area (Å²) in [7, 11) is 0. The van der Waals surface area contributed by atoms with Crippen molar-refractivity contribution in [2.24, 2.45) is 5.73 Å². The van der Waals surface area contributed by atoms with Gasteiger partial charge in [-0.2, -0.15) is 0 Å². The van der Waals surface area contributed by atoms with E-state index >= 15 is 0 Å². The van der Waals surface area contributed by atoms with Crippen LogP contribution in [-0.4, -0.2) is 22.5 Å². The smallest absolute Gasteiger partial charge is 0.405 e. The minimum atomic E-state index is -0.958. The summed E-state index contributed by atoms with van der Waals surface area (Å²) < 4.78 is 5.04. The zero-order valence-electron chi connectivity index (χ0n) is 13.7. The summed E-state index contributed by atoms with van der Waals surface area (Å²) in [5.74, 6) is 0.345. The topological polar surface area (TPSA) is 82.3 Å². The maximum atomic E-state index is 12.8. The van der Waals surface area contributed by atoms with Crippen LogP contribution in [-0.2, 0) is 4.74 Å². The monoisotopic (exact) mass is 344 g/mol. The van der Waals surface area contributed by atoms with E-state index in [1.165, 1.54) is 0 Å². The van der Waals surface area contributed by atoms with Crippen LogP contribution in [0.2, 0.25) is 0 Å². The largest absolute Gasteiger partial charge is 0.443 e. The number of benzene rings is 1. The van der Waals surface area contributed by atoms with Crippen molar-refractivity contribution in [3.05, 3.63) is 41.0 Å². The van der Waals surface area contributed by atoms with E-state index in [0.717, 1.165) is 28.3 Å². The molecular formula is C18H20N2O3S. The van der Waals surface area contributed by atoms with Crippen LogP contribution < -0.4 is 5.73 Å². The molecule has 1 aromatic heterocycles. The third kappa shape index (κ3) is 3.82. The second kappa shape index (κ2) is 6.36. The predicted octanol–water partition coefficient (Wildman–Crippen LogP) is 4.13.